The van der Waals surface area contributed by atoms with Crippen LogP contribution >= 0.6 is 22.9 Å². The molecule has 3 rings (SSSR count). The van der Waals surface area contributed by atoms with Crippen molar-refractivity contribution in [3.63, 3.8) is 0 Å². The number of nitrogens with zero attached hydrogens (tertiary/aromatic N) is 2. The highest BCUT2D eigenvalue weighted by atomic mass is 35.5. The number of alkyl halides is 1. The fraction of sp³-hybridized carbons (Fsp3) is 0.312. The maximum atomic E-state index is 5.92. The quantitative estimate of drug-likeness (QED) is 0.647. The molecule has 4 heteroatoms. The second kappa shape index (κ2) is 5.58. The number of imidazole rings is 1. The molecule has 1 aromatic carbocycles. The van der Waals surface area contributed by atoms with Crippen LogP contribution in [0.3, 0.4) is 0 Å². The average molecular weight is 305 g/mol. The predicted molar refractivity (Wildman–Crippen MR) is 87.1 cm³/mol. The summed E-state index contributed by atoms with van der Waals surface area (Å²) in [5.74, 6) is 1.68. The zero-order valence-electron chi connectivity index (χ0n) is 11.7. The highest BCUT2D eigenvalue weighted by Crippen LogP contribution is 2.24. The van der Waals surface area contributed by atoms with Crippen LogP contribution in [0.5, 0.6) is 0 Å². The lowest BCUT2D eigenvalue weighted by Crippen LogP contribution is -2.04. The second-order valence-corrected chi connectivity index (χ2v) is 6.71. The van der Waals surface area contributed by atoms with Crippen LogP contribution in [0.15, 0.2) is 30.3 Å². The van der Waals surface area contributed by atoms with Gasteiger partial charge >= 0.3 is 0 Å². The summed E-state index contributed by atoms with van der Waals surface area (Å²) in [6, 6.07) is 10.6. The van der Waals surface area contributed by atoms with Crippen molar-refractivity contribution >= 4 is 34.0 Å². The van der Waals surface area contributed by atoms with Gasteiger partial charge in [0.05, 0.1) is 17.6 Å². The Morgan fingerprint density at radius 2 is 2.05 bits per heavy atom. The Morgan fingerprint density at radius 1 is 1.25 bits per heavy atom. The van der Waals surface area contributed by atoms with Crippen LogP contribution in [-0.4, -0.2) is 15.4 Å². The maximum absolute atomic E-state index is 5.92. The molecule has 20 heavy (non-hydrogen) atoms. The number of para-hydroxylation sites is 2. The van der Waals surface area contributed by atoms with E-state index in [-0.39, 0.29) is 0 Å². The van der Waals surface area contributed by atoms with Gasteiger partial charge in [-0.1, -0.05) is 12.1 Å². The zero-order valence-corrected chi connectivity index (χ0v) is 13.3. The molecule has 0 spiro atoms. The lowest BCUT2D eigenvalue weighted by Gasteiger charge is -2.06. The molecule has 0 aliphatic carbocycles. The molecule has 0 bridgehead atoms. The van der Waals surface area contributed by atoms with E-state index in [1.807, 2.05) is 17.4 Å². The first kappa shape index (κ1) is 13.7. The van der Waals surface area contributed by atoms with E-state index in [1.165, 1.54) is 20.8 Å². The molecule has 0 N–H and O–H groups in total. The molecule has 3 aromatic rings. The van der Waals surface area contributed by atoms with Crippen LogP contribution in [-0.2, 0) is 13.0 Å². The monoisotopic (exact) mass is 304 g/mol. The second-order valence-electron chi connectivity index (χ2n) is 4.99. The predicted octanol–water partition coefficient (Wildman–Crippen LogP) is 4.54. The van der Waals surface area contributed by atoms with Crippen LogP contribution in [0.2, 0.25) is 0 Å². The van der Waals surface area contributed by atoms with Crippen LogP contribution < -0.4 is 0 Å². The van der Waals surface area contributed by atoms with E-state index in [1.54, 1.807) is 0 Å². The van der Waals surface area contributed by atoms with Gasteiger partial charge in [-0.2, -0.15) is 0 Å². The van der Waals surface area contributed by atoms with Crippen molar-refractivity contribution in [2.75, 3.05) is 5.88 Å². The Kier molecular flexibility index (Phi) is 3.81. The molecule has 0 aliphatic rings. The largest absolute Gasteiger partial charge is 0.323 e. The summed E-state index contributed by atoms with van der Waals surface area (Å²) in [6.07, 6.45) is 0.805. The van der Waals surface area contributed by atoms with Crippen molar-refractivity contribution < 1.29 is 0 Å². The van der Waals surface area contributed by atoms with Gasteiger partial charge in [-0.05, 0) is 37.6 Å². The summed E-state index contributed by atoms with van der Waals surface area (Å²) in [5.41, 5.74) is 3.61. The van der Waals surface area contributed by atoms with Gasteiger partial charge < -0.3 is 4.57 Å². The lowest BCUT2D eigenvalue weighted by atomic mass is 10.3. The van der Waals surface area contributed by atoms with Crippen molar-refractivity contribution in [3.8, 4) is 0 Å². The summed E-state index contributed by atoms with van der Waals surface area (Å²) in [5, 5.41) is 0. The molecule has 0 saturated heterocycles. The minimum Gasteiger partial charge on any atom is -0.323 e. The van der Waals surface area contributed by atoms with E-state index in [0.29, 0.717) is 5.88 Å². The first-order valence-electron chi connectivity index (χ1n) is 6.75. The average Bonchev–Trinajstić information content (AvgIpc) is 2.93. The molecule has 104 valence electrons. The highest BCUT2D eigenvalue weighted by molar-refractivity contribution is 7.12. The fourth-order valence-electron chi connectivity index (χ4n) is 2.46. The fourth-order valence-corrected chi connectivity index (χ4v) is 3.67. The number of thiophene rings is 1. The van der Waals surface area contributed by atoms with Gasteiger partial charge in [0.1, 0.15) is 5.82 Å². The van der Waals surface area contributed by atoms with Gasteiger partial charge in [-0.3, -0.25) is 0 Å². The molecule has 0 atom stereocenters. The summed E-state index contributed by atoms with van der Waals surface area (Å²) >= 11 is 7.78. The third-order valence-electron chi connectivity index (χ3n) is 3.58. The molecule has 0 aliphatic heterocycles. The van der Waals surface area contributed by atoms with Crippen LogP contribution in [0, 0.1) is 13.8 Å². The molecule has 2 nitrogen and oxygen atoms in total. The number of rotatable bonds is 4. The van der Waals surface area contributed by atoms with Crippen LogP contribution in [0.1, 0.15) is 21.1 Å². The first-order valence-corrected chi connectivity index (χ1v) is 8.10. The molecule has 0 saturated carbocycles. The topological polar surface area (TPSA) is 17.8 Å². The molecular weight excluding hydrogens is 288 g/mol. The SMILES string of the molecule is Cc1cc(Cn2c(CCCl)nc3ccccc32)sc1C. The van der Waals surface area contributed by atoms with Crippen molar-refractivity contribution in [1.82, 2.24) is 9.55 Å². The number of hydrogen-bond donors (Lipinski definition) is 0. The smallest absolute Gasteiger partial charge is 0.111 e. The number of halogens is 1. The third kappa shape index (κ3) is 2.48. The van der Waals surface area contributed by atoms with Crippen molar-refractivity contribution in [2.24, 2.45) is 0 Å². The summed E-state index contributed by atoms with van der Waals surface area (Å²) in [7, 11) is 0. The zero-order chi connectivity index (χ0) is 14.1. The minimum atomic E-state index is 0.603. The van der Waals surface area contributed by atoms with E-state index < -0.39 is 0 Å². The highest BCUT2D eigenvalue weighted by Gasteiger charge is 2.11. The number of fused-ring (bicyclic) bond motifs is 1. The van der Waals surface area contributed by atoms with E-state index in [4.69, 9.17) is 16.6 Å². The molecule has 0 unspecified atom stereocenters. The van der Waals surface area contributed by atoms with E-state index in [0.717, 1.165) is 24.3 Å². The standard InChI is InChI=1S/C16H17ClN2S/c1-11-9-13(20-12(11)2)10-19-15-6-4-3-5-14(15)18-16(19)7-8-17/h3-6,9H,7-8,10H2,1-2H3. The Morgan fingerprint density at radius 3 is 2.75 bits per heavy atom. The first-order chi connectivity index (χ1) is 9.69. The van der Waals surface area contributed by atoms with Crippen LogP contribution in [0.4, 0.5) is 0 Å². The molecule has 0 amide bonds. The Bertz CT molecular complexity index is 723. The normalized spacial score (nSPS) is 11.3. The van der Waals surface area contributed by atoms with Crippen LogP contribution in [0.25, 0.3) is 11.0 Å². The number of benzene rings is 1. The maximum Gasteiger partial charge on any atom is 0.111 e. The van der Waals surface area contributed by atoms with E-state index in [9.17, 15) is 0 Å². The Hall–Kier alpha value is -1.32. The molecule has 0 fully saturated rings. The summed E-state index contributed by atoms with van der Waals surface area (Å²) < 4.78 is 2.29. The summed E-state index contributed by atoms with van der Waals surface area (Å²) in [6.45, 7) is 5.22. The van der Waals surface area contributed by atoms with Crippen molar-refractivity contribution in [2.45, 2.75) is 26.8 Å². The van der Waals surface area contributed by atoms with Gasteiger partial charge in [-0.15, -0.1) is 22.9 Å². The van der Waals surface area contributed by atoms with Gasteiger partial charge in [0.2, 0.25) is 0 Å². The summed E-state index contributed by atoms with van der Waals surface area (Å²) in [4.78, 5) is 7.48. The molecular formula is C16H17ClN2S. The van der Waals surface area contributed by atoms with Gasteiger partial charge in [0.25, 0.3) is 0 Å². The Balaban J connectivity index is 2.06. The lowest BCUT2D eigenvalue weighted by molar-refractivity contribution is 0.763. The van der Waals surface area contributed by atoms with Gasteiger partial charge in [0.15, 0.2) is 0 Å². The minimum absolute atomic E-state index is 0.603. The number of aromatic nitrogens is 2. The molecule has 0 radical (unpaired) electrons. The van der Waals surface area contributed by atoms with Gasteiger partial charge in [0, 0.05) is 22.1 Å². The van der Waals surface area contributed by atoms with Gasteiger partial charge in [-0.25, -0.2) is 4.98 Å². The number of aryl methyl sites for hydroxylation is 3. The van der Waals surface area contributed by atoms with E-state index in [2.05, 4.69) is 42.7 Å². The number of hydrogen-bond acceptors (Lipinski definition) is 2. The molecule has 2 aromatic heterocycles. The van der Waals surface area contributed by atoms with E-state index >= 15 is 0 Å². The molecule has 2 heterocycles. The van der Waals surface area contributed by atoms with Crippen molar-refractivity contribution in [1.29, 1.82) is 0 Å². The van der Waals surface area contributed by atoms with Crippen molar-refractivity contribution in [3.05, 3.63) is 51.5 Å². The Labute approximate surface area is 128 Å². The third-order valence-corrected chi connectivity index (χ3v) is 4.91.